The molecule has 152 valence electrons. The Labute approximate surface area is 169 Å². The number of benzene rings is 2. The van der Waals surface area contributed by atoms with Gasteiger partial charge >= 0.3 is 5.97 Å². The van der Waals surface area contributed by atoms with E-state index in [1.807, 2.05) is 31.2 Å². The monoisotopic (exact) mass is 396 g/mol. The zero-order valence-corrected chi connectivity index (χ0v) is 16.3. The summed E-state index contributed by atoms with van der Waals surface area (Å²) in [4.78, 5) is 39.5. The minimum Gasteiger partial charge on any atom is -0.482 e. The number of rotatable bonds is 6. The minimum atomic E-state index is -1.08. The van der Waals surface area contributed by atoms with Crippen LogP contribution in [0.15, 0.2) is 48.5 Å². The van der Waals surface area contributed by atoms with Crippen molar-refractivity contribution in [1.82, 2.24) is 9.80 Å². The molecule has 1 N–H and O–H groups in total. The van der Waals surface area contributed by atoms with E-state index in [0.29, 0.717) is 43.9 Å². The van der Waals surface area contributed by atoms with E-state index in [2.05, 4.69) is 0 Å². The van der Waals surface area contributed by atoms with Crippen LogP contribution in [0.4, 0.5) is 0 Å². The molecule has 3 rings (SSSR count). The van der Waals surface area contributed by atoms with Gasteiger partial charge in [-0.3, -0.25) is 9.59 Å². The molecule has 0 spiro atoms. The van der Waals surface area contributed by atoms with E-state index < -0.39 is 12.6 Å². The predicted octanol–water partition coefficient (Wildman–Crippen LogP) is 1.99. The number of ether oxygens (including phenoxy) is 1. The fourth-order valence-corrected chi connectivity index (χ4v) is 3.29. The van der Waals surface area contributed by atoms with E-state index in [1.165, 1.54) is 0 Å². The molecule has 1 fully saturated rings. The standard InChI is InChI=1S/C22H24N2O5/c1-16-5-2-3-6-17(16)14-20(25)23-9-11-24(12-10-23)22(28)18-7-4-8-19(13-18)29-15-21(26)27/h2-8,13H,9-12,14-15H2,1H3,(H,26,27). The maximum atomic E-state index is 12.8. The molecule has 0 unspecified atom stereocenters. The molecule has 29 heavy (non-hydrogen) atoms. The van der Waals surface area contributed by atoms with E-state index in [4.69, 9.17) is 9.84 Å². The van der Waals surface area contributed by atoms with Crippen molar-refractivity contribution in [2.24, 2.45) is 0 Å². The van der Waals surface area contributed by atoms with Crippen LogP contribution in [0.5, 0.6) is 5.75 Å². The van der Waals surface area contributed by atoms with E-state index in [-0.39, 0.29) is 11.8 Å². The molecular weight excluding hydrogens is 372 g/mol. The molecule has 0 atom stereocenters. The molecule has 1 heterocycles. The molecule has 2 amide bonds. The van der Waals surface area contributed by atoms with E-state index in [0.717, 1.165) is 11.1 Å². The van der Waals surface area contributed by atoms with Gasteiger partial charge in [0.25, 0.3) is 5.91 Å². The van der Waals surface area contributed by atoms with Crippen LogP contribution in [0.3, 0.4) is 0 Å². The molecule has 0 aliphatic carbocycles. The Morgan fingerprint density at radius 1 is 0.966 bits per heavy atom. The maximum Gasteiger partial charge on any atom is 0.341 e. The van der Waals surface area contributed by atoms with Crippen molar-refractivity contribution in [3.05, 3.63) is 65.2 Å². The number of aliphatic carboxylic acids is 1. The second-order valence-electron chi connectivity index (χ2n) is 6.99. The van der Waals surface area contributed by atoms with Crippen molar-refractivity contribution in [2.45, 2.75) is 13.3 Å². The van der Waals surface area contributed by atoms with Gasteiger partial charge in [0.2, 0.25) is 5.91 Å². The molecule has 0 saturated carbocycles. The van der Waals surface area contributed by atoms with Gasteiger partial charge in [-0.1, -0.05) is 30.3 Å². The van der Waals surface area contributed by atoms with Crippen LogP contribution in [-0.4, -0.2) is 65.5 Å². The number of nitrogens with zero attached hydrogens (tertiary/aromatic N) is 2. The fraction of sp³-hybridized carbons (Fsp3) is 0.318. The lowest BCUT2D eigenvalue weighted by Gasteiger charge is -2.35. The summed E-state index contributed by atoms with van der Waals surface area (Å²) in [5, 5.41) is 8.70. The summed E-state index contributed by atoms with van der Waals surface area (Å²) >= 11 is 0. The van der Waals surface area contributed by atoms with Crippen LogP contribution >= 0.6 is 0 Å². The Bertz CT molecular complexity index is 904. The molecule has 0 radical (unpaired) electrons. The topological polar surface area (TPSA) is 87.2 Å². The third-order valence-electron chi connectivity index (χ3n) is 4.97. The maximum absolute atomic E-state index is 12.8. The third-order valence-corrected chi connectivity index (χ3v) is 4.97. The number of hydrogen-bond acceptors (Lipinski definition) is 4. The van der Waals surface area contributed by atoms with Crippen LogP contribution < -0.4 is 4.74 Å². The van der Waals surface area contributed by atoms with Crippen LogP contribution in [0.2, 0.25) is 0 Å². The van der Waals surface area contributed by atoms with Gasteiger partial charge in [0.1, 0.15) is 5.75 Å². The molecule has 7 heteroatoms. The summed E-state index contributed by atoms with van der Waals surface area (Å²) in [6.45, 7) is 3.43. The van der Waals surface area contributed by atoms with Crippen LogP contribution in [0.25, 0.3) is 0 Å². The molecule has 2 aromatic carbocycles. The molecule has 7 nitrogen and oxygen atoms in total. The first-order valence-electron chi connectivity index (χ1n) is 9.50. The van der Waals surface area contributed by atoms with Gasteiger partial charge in [-0.2, -0.15) is 0 Å². The zero-order chi connectivity index (χ0) is 20.8. The summed E-state index contributed by atoms with van der Waals surface area (Å²) in [7, 11) is 0. The lowest BCUT2D eigenvalue weighted by atomic mass is 10.1. The van der Waals surface area contributed by atoms with Crippen molar-refractivity contribution >= 4 is 17.8 Å². The van der Waals surface area contributed by atoms with Crippen LogP contribution in [-0.2, 0) is 16.0 Å². The van der Waals surface area contributed by atoms with Gasteiger partial charge in [0.15, 0.2) is 6.61 Å². The van der Waals surface area contributed by atoms with Crippen molar-refractivity contribution in [3.63, 3.8) is 0 Å². The molecule has 0 aromatic heterocycles. The van der Waals surface area contributed by atoms with Crippen LogP contribution in [0, 0.1) is 6.92 Å². The summed E-state index contributed by atoms with van der Waals surface area (Å²) < 4.78 is 5.14. The number of carbonyl (C=O) groups is 3. The highest BCUT2D eigenvalue weighted by Crippen LogP contribution is 2.17. The molecule has 1 saturated heterocycles. The smallest absolute Gasteiger partial charge is 0.341 e. The minimum absolute atomic E-state index is 0.0652. The van der Waals surface area contributed by atoms with Gasteiger partial charge < -0.3 is 19.6 Å². The van der Waals surface area contributed by atoms with E-state index >= 15 is 0 Å². The molecule has 1 aliphatic rings. The number of carboxylic acids is 1. The normalized spacial score (nSPS) is 13.8. The highest BCUT2D eigenvalue weighted by atomic mass is 16.5. The average Bonchev–Trinajstić information content (AvgIpc) is 2.73. The number of piperazine rings is 1. The number of hydrogen-bond donors (Lipinski definition) is 1. The Morgan fingerprint density at radius 2 is 1.66 bits per heavy atom. The predicted molar refractivity (Wildman–Crippen MR) is 107 cm³/mol. The first kappa shape index (κ1) is 20.4. The van der Waals surface area contributed by atoms with Crippen molar-refractivity contribution in [1.29, 1.82) is 0 Å². The highest BCUT2D eigenvalue weighted by molar-refractivity contribution is 5.94. The Morgan fingerprint density at radius 3 is 2.34 bits per heavy atom. The Balaban J connectivity index is 1.55. The lowest BCUT2D eigenvalue weighted by Crippen LogP contribution is -2.51. The largest absolute Gasteiger partial charge is 0.482 e. The first-order chi connectivity index (χ1) is 13.9. The van der Waals surface area contributed by atoms with Crippen molar-refractivity contribution in [2.75, 3.05) is 32.8 Å². The van der Waals surface area contributed by atoms with Crippen molar-refractivity contribution in [3.8, 4) is 5.75 Å². The third kappa shape index (κ3) is 5.34. The first-order valence-corrected chi connectivity index (χ1v) is 9.50. The molecular formula is C22H24N2O5. The molecule has 2 aromatic rings. The number of carbonyl (C=O) groups excluding carboxylic acids is 2. The van der Waals surface area contributed by atoms with Gasteiger partial charge in [0, 0.05) is 31.7 Å². The zero-order valence-electron chi connectivity index (χ0n) is 16.3. The second kappa shape index (κ2) is 9.23. The SMILES string of the molecule is Cc1ccccc1CC(=O)N1CCN(C(=O)c2cccc(OCC(=O)O)c2)CC1. The number of carboxylic acid groups (broad SMARTS) is 1. The summed E-state index contributed by atoms with van der Waals surface area (Å²) in [5.74, 6) is -0.828. The summed E-state index contributed by atoms with van der Waals surface area (Å²) in [5.41, 5.74) is 2.56. The van der Waals surface area contributed by atoms with Gasteiger partial charge in [0.05, 0.1) is 6.42 Å². The molecule has 0 bridgehead atoms. The number of aryl methyl sites for hydroxylation is 1. The number of amides is 2. The highest BCUT2D eigenvalue weighted by Gasteiger charge is 2.25. The Kier molecular flexibility index (Phi) is 6.49. The summed E-state index contributed by atoms with van der Waals surface area (Å²) in [6, 6.07) is 14.3. The van der Waals surface area contributed by atoms with Gasteiger partial charge in [-0.25, -0.2) is 4.79 Å². The van der Waals surface area contributed by atoms with E-state index in [9.17, 15) is 14.4 Å². The van der Waals surface area contributed by atoms with Crippen LogP contribution in [0.1, 0.15) is 21.5 Å². The average molecular weight is 396 g/mol. The Hall–Kier alpha value is -3.35. The van der Waals surface area contributed by atoms with Gasteiger partial charge in [-0.05, 0) is 36.2 Å². The lowest BCUT2D eigenvalue weighted by molar-refractivity contribution is -0.139. The van der Waals surface area contributed by atoms with Crippen molar-refractivity contribution < 1.29 is 24.2 Å². The molecule has 1 aliphatic heterocycles. The quantitative estimate of drug-likeness (QED) is 0.807. The van der Waals surface area contributed by atoms with E-state index in [1.54, 1.807) is 34.1 Å². The fourth-order valence-electron chi connectivity index (χ4n) is 3.29. The van der Waals surface area contributed by atoms with Gasteiger partial charge in [-0.15, -0.1) is 0 Å². The summed E-state index contributed by atoms with van der Waals surface area (Å²) in [6.07, 6.45) is 0.365. The second-order valence-corrected chi connectivity index (χ2v) is 6.99.